The molecule has 0 saturated carbocycles. The van der Waals surface area contributed by atoms with E-state index < -0.39 is 11.7 Å². The summed E-state index contributed by atoms with van der Waals surface area (Å²) in [5.74, 6) is -1.43. The lowest BCUT2D eigenvalue weighted by Crippen LogP contribution is -2.15. The van der Waals surface area contributed by atoms with Gasteiger partial charge in [0.1, 0.15) is 0 Å². The number of allylic oxidation sites excluding steroid dienone is 1. The van der Waals surface area contributed by atoms with Gasteiger partial charge in [-0.05, 0) is 39.0 Å². The summed E-state index contributed by atoms with van der Waals surface area (Å²) in [6.07, 6.45) is 0.988. The van der Waals surface area contributed by atoms with Gasteiger partial charge in [-0.25, -0.2) is 4.79 Å². The highest BCUT2D eigenvalue weighted by molar-refractivity contribution is 6.11. The van der Waals surface area contributed by atoms with Crippen molar-refractivity contribution in [2.45, 2.75) is 26.9 Å². The van der Waals surface area contributed by atoms with Crippen molar-refractivity contribution in [1.82, 2.24) is 0 Å². The smallest absolute Gasteiger partial charge is 0.378 e. The Balaban J connectivity index is 2.48. The molecule has 0 spiro atoms. The van der Waals surface area contributed by atoms with Gasteiger partial charge in [0.15, 0.2) is 23.0 Å². The van der Waals surface area contributed by atoms with Gasteiger partial charge >= 0.3 is 5.97 Å². The molecule has 2 aromatic carbocycles. The fourth-order valence-electron chi connectivity index (χ4n) is 2.15. The van der Waals surface area contributed by atoms with E-state index in [0.29, 0.717) is 5.56 Å². The minimum absolute atomic E-state index is 0.0777. The molecule has 5 heteroatoms. The molecule has 0 aliphatic rings. The Kier molecular flexibility index (Phi) is 5.95. The minimum atomic E-state index is -0.916. The van der Waals surface area contributed by atoms with Gasteiger partial charge in [-0.15, -0.1) is 0 Å². The average molecular weight is 340 g/mol. The number of hydrogen-bond acceptors (Lipinski definition) is 5. The van der Waals surface area contributed by atoms with E-state index in [2.05, 4.69) is 0 Å². The highest BCUT2D eigenvalue weighted by Gasteiger charge is 2.22. The zero-order chi connectivity index (χ0) is 18.4. The lowest BCUT2D eigenvalue weighted by atomic mass is 10.0. The zero-order valence-corrected chi connectivity index (χ0v) is 14.4. The summed E-state index contributed by atoms with van der Waals surface area (Å²) < 4.78 is 10.9. The van der Waals surface area contributed by atoms with Crippen molar-refractivity contribution in [1.29, 1.82) is 0 Å². The summed E-state index contributed by atoms with van der Waals surface area (Å²) >= 11 is 0. The molecule has 0 atom stereocenters. The maximum atomic E-state index is 12.8. The molecule has 0 aliphatic heterocycles. The number of esters is 1. The van der Waals surface area contributed by atoms with E-state index in [1.54, 1.807) is 50.2 Å². The third kappa shape index (κ3) is 4.47. The van der Waals surface area contributed by atoms with Crippen LogP contribution in [0.4, 0.5) is 0 Å². The lowest BCUT2D eigenvalue weighted by molar-refractivity contribution is -0.133. The van der Waals surface area contributed by atoms with E-state index in [0.717, 1.165) is 0 Å². The number of aliphatic hydroxyl groups is 1. The molecule has 0 bridgehead atoms. The number of hydrogen-bond donors (Lipinski definition) is 1. The van der Waals surface area contributed by atoms with Gasteiger partial charge in [-0.3, -0.25) is 4.79 Å². The Morgan fingerprint density at radius 3 is 2.32 bits per heavy atom. The second-order valence-corrected chi connectivity index (χ2v) is 5.56. The van der Waals surface area contributed by atoms with Crippen molar-refractivity contribution in [3.05, 3.63) is 71.5 Å². The SMILES string of the molecule is CC=C(O)C(=O)Oc1cccc(C(=O)c2ccccc2)c1OC(C)C. The van der Waals surface area contributed by atoms with Crippen LogP contribution in [0.15, 0.2) is 60.4 Å². The van der Waals surface area contributed by atoms with E-state index in [9.17, 15) is 14.7 Å². The van der Waals surface area contributed by atoms with Crippen LogP contribution in [0, 0.1) is 0 Å². The molecule has 1 N–H and O–H groups in total. The van der Waals surface area contributed by atoms with Crippen LogP contribution in [0.3, 0.4) is 0 Å². The molecule has 130 valence electrons. The minimum Gasteiger partial charge on any atom is -0.502 e. The molecule has 0 aliphatic carbocycles. The predicted molar refractivity (Wildman–Crippen MR) is 94.1 cm³/mol. The molecule has 0 fully saturated rings. The normalized spacial score (nSPS) is 11.3. The van der Waals surface area contributed by atoms with E-state index >= 15 is 0 Å². The number of rotatable bonds is 6. The van der Waals surface area contributed by atoms with E-state index in [1.165, 1.54) is 19.1 Å². The van der Waals surface area contributed by atoms with Gasteiger partial charge < -0.3 is 14.6 Å². The Bertz CT molecular complexity index is 791. The number of benzene rings is 2. The Morgan fingerprint density at radius 1 is 1.04 bits per heavy atom. The fraction of sp³-hybridized carbons (Fsp3) is 0.200. The van der Waals surface area contributed by atoms with Crippen LogP contribution in [0.1, 0.15) is 36.7 Å². The van der Waals surface area contributed by atoms with Gasteiger partial charge in [0.05, 0.1) is 11.7 Å². The summed E-state index contributed by atoms with van der Waals surface area (Å²) in [6.45, 7) is 5.12. The average Bonchev–Trinajstić information content (AvgIpc) is 2.62. The summed E-state index contributed by atoms with van der Waals surface area (Å²) in [4.78, 5) is 24.6. The second kappa shape index (κ2) is 8.15. The number of para-hydroxylation sites is 1. The topological polar surface area (TPSA) is 72.8 Å². The Labute approximate surface area is 146 Å². The number of aliphatic hydroxyl groups excluding tert-OH is 1. The number of carbonyl (C=O) groups excluding carboxylic acids is 2. The summed E-state index contributed by atoms with van der Waals surface area (Å²) in [5, 5.41) is 9.50. The summed E-state index contributed by atoms with van der Waals surface area (Å²) in [6, 6.07) is 13.5. The predicted octanol–water partition coefficient (Wildman–Crippen LogP) is 4.07. The van der Waals surface area contributed by atoms with Gasteiger partial charge in [0.25, 0.3) is 0 Å². The molecule has 0 amide bonds. The van der Waals surface area contributed by atoms with Crippen molar-refractivity contribution >= 4 is 11.8 Å². The Morgan fingerprint density at radius 2 is 1.72 bits per heavy atom. The fourth-order valence-corrected chi connectivity index (χ4v) is 2.15. The molecule has 0 aromatic heterocycles. The molecule has 2 aromatic rings. The highest BCUT2D eigenvalue weighted by atomic mass is 16.6. The molecule has 25 heavy (non-hydrogen) atoms. The molecular weight excluding hydrogens is 320 g/mol. The number of carbonyl (C=O) groups is 2. The van der Waals surface area contributed by atoms with Gasteiger partial charge in [0, 0.05) is 5.56 Å². The van der Waals surface area contributed by atoms with Crippen molar-refractivity contribution < 1.29 is 24.2 Å². The molecule has 0 unspecified atom stereocenters. The van der Waals surface area contributed by atoms with Gasteiger partial charge in [-0.2, -0.15) is 0 Å². The van der Waals surface area contributed by atoms with Crippen molar-refractivity contribution in [3.8, 4) is 11.5 Å². The summed E-state index contributed by atoms with van der Waals surface area (Å²) in [7, 11) is 0. The Hall–Kier alpha value is -3.08. The van der Waals surface area contributed by atoms with Gasteiger partial charge in [0.2, 0.25) is 0 Å². The van der Waals surface area contributed by atoms with Gasteiger partial charge in [-0.1, -0.05) is 36.4 Å². The van der Waals surface area contributed by atoms with E-state index in [4.69, 9.17) is 9.47 Å². The van der Waals surface area contributed by atoms with Crippen LogP contribution >= 0.6 is 0 Å². The third-order valence-electron chi connectivity index (χ3n) is 3.30. The quantitative estimate of drug-likeness (QED) is 0.282. The molecule has 0 radical (unpaired) electrons. The second-order valence-electron chi connectivity index (χ2n) is 5.56. The van der Waals surface area contributed by atoms with Crippen LogP contribution in [-0.2, 0) is 4.79 Å². The van der Waals surface area contributed by atoms with E-state index in [1.807, 2.05) is 6.07 Å². The first-order valence-corrected chi connectivity index (χ1v) is 7.91. The first-order valence-electron chi connectivity index (χ1n) is 7.91. The lowest BCUT2D eigenvalue weighted by Gasteiger charge is -2.17. The third-order valence-corrected chi connectivity index (χ3v) is 3.30. The number of ketones is 1. The van der Waals surface area contributed by atoms with E-state index in [-0.39, 0.29) is 28.9 Å². The molecule has 0 heterocycles. The highest BCUT2D eigenvalue weighted by Crippen LogP contribution is 2.34. The first kappa shape index (κ1) is 18.3. The molecular formula is C20H20O5. The monoisotopic (exact) mass is 340 g/mol. The first-order chi connectivity index (χ1) is 11.9. The maximum Gasteiger partial charge on any atom is 0.378 e. The van der Waals surface area contributed by atoms with Crippen LogP contribution in [0.5, 0.6) is 11.5 Å². The van der Waals surface area contributed by atoms with Crippen molar-refractivity contribution in [3.63, 3.8) is 0 Å². The standard InChI is InChI=1S/C20H20O5/c1-4-16(21)20(23)25-17-12-8-11-15(19(17)24-13(2)3)18(22)14-9-6-5-7-10-14/h4-13,21H,1-3H3. The molecule has 5 nitrogen and oxygen atoms in total. The zero-order valence-electron chi connectivity index (χ0n) is 14.4. The van der Waals surface area contributed by atoms with Crippen molar-refractivity contribution in [2.75, 3.05) is 0 Å². The number of ether oxygens (including phenoxy) is 2. The molecule has 2 rings (SSSR count). The van der Waals surface area contributed by atoms with Crippen LogP contribution < -0.4 is 9.47 Å². The maximum absolute atomic E-state index is 12.8. The summed E-state index contributed by atoms with van der Waals surface area (Å²) in [5.41, 5.74) is 0.779. The largest absolute Gasteiger partial charge is 0.502 e. The van der Waals surface area contributed by atoms with Crippen molar-refractivity contribution in [2.24, 2.45) is 0 Å². The molecule has 0 saturated heterocycles. The van der Waals surface area contributed by atoms with Crippen LogP contribution in [0.25, 0.3) is 0 Å². The van der Waals surface area contributed by atoms with Crippen LogP contribution in [0.2, 0.25) is 0 Å². The van der Waals surface area contributed by atoms with Crippen LogP contribution in [-0.4, -0.2) is 23.0 Å².